The molecule has 0 radical (unpaired) electrons. The predicted molar refractivity (Wildman–Crippen MR) is 69.3 cm³/mol. The van der Waals surface area contributed by atoms with Crippen molar-refractivity contribution in [1.29, 1.82) is 5.26 Å². The highest BCUT2D eigenvalue weighted by Gasteiger charge is 2.40. The zero-order valence-corrected chi connectivity index (χ0v) is 10.9. The molecule has 2 rings (SSSR count). The lowest BCUT2D eigenvalue weighted by Crippen LogP contribution is -2.61. The summed E-state index contributed by atoms with van der Waals surface area (Å²) in [4.78, 5) is 14.6. The van der Waals surface area contributed by atoms with Gasteiger partial charge in [0.05, 0.1) is 36.1 Å². The Kier molecular flexibility index (Phi) is 3.60. The van der Waals surface area contributed by atoms with E-state index in [1.54, 1.807) is 17.9 Å². The first-order valence-electron chi connectivity index (χ1n) is 5.64. The summed E-state index contributed by atoms with van der Waals surface area (Å²) < 4.78 is 0. The van der Waals surface area contributed by atoms with Gasteiger partial charge in [-0.2, -0.15) is 5.26 Å². The molecule has 1 aromatic carbocycles. The van der Waals surface area contributed by atoms with E-state index in [2.05, 4.69) is 6.07 Å². The number of hydrogen-bond acceptors (Lipinski definition) is 4. The Hall–Kier alpha value is -1.51. The molecule has 1 heterocycles. The van der Waals surface area contributed by atoms with Crippen LogP contribution >= 0.6 is 11.8 Å². The molecule has 0 bridgehead atoms. The van der Waals surface area contributed by atoms with Gasteiger partial charge < -0.3 is 10.0 Å². The number of hydrogen-bond donors (Lipinski definition) is 1. The lowest BCUT2D eigenvalue weighted by atomic mass is 9.96. The SMILES string of the molecule is CC1(O)CN(C(=O)c2ccccc2SCC#N)C1. The normalized spacial score (nSPS) is 16.8. The second-order valence-electron chi connectivity index (χ2n) is 4.60. The van der Waals surface area contributed by atoms with Crippen LogP contribution < -0.4 is 0 Å². The number of benzene rings is 1. The van der Waals surface area contributed by atoms with Gasteiger partial charge in [-0.3, -0.25) is 4.79 Å². The number of nitriles is 1. The average molecular weight is 262 g/mol. The third-order valence-corrected chi connectivity index (χ3v) is 3.70. The summed E-state index contributed by atoms with van der Waals surface area (Å²) in [5.41, 5.74) is -0.155. The second kappa shape index (κ2) is 5.01. The van der Waals surface area contributed by atoms with Crippen molar-refractivity contribution >= 4 is 17.7 Å². The predicted octanol–water partition coefficient (Wildman–Crippen LogP) is 1.51. The molecule has 1 aromatic rings. The Morgan fingerprint density at radius 2 is 2.22 bits per heavy atom. The lowest BCUT2D eigenvalue weighted by Gasteiger charge is -2.44. The molecule has 94 valence electrons. The second-order valence-corrected chi connectivity index (χ2v) is 5.62. The lowest BCUT2D eigenvalue weighted by molar-refractivity contribution is -0.0669. The molecule has 1 aliphatic rings. The van der Waals surface area contributed by atoms with E-state index in [1.165, 1.54) is 11.8 Å². The summed E-state index contributed by atoms with van der Waals surface area (Å²) in [6.45, 7) is 2.44. The fourth-order valence-corrected chi connectivity index (χ4v) is 2.67. The van der Waals surface area contributed by atoms with Gasteiger partial charge in [0.1, 0.15) is 0 Å². The number of rotatable bonds is 3. The van der Waals surface area contributed by atoms with Crippen LogP contribution in [-0.4, -0.2) is 40.4 Å². The molecule has 0 saturated carbocycles. The summed E-state index contributed by atoms with van der Waals surface area (Å²) in [6, 6.07) is 9.31. The zero-order valence-electron chi connectivity index (χ0n) is 10.1. The Bertz CT molecular complexity index is 500. The maximum atomic E-state index is 12.2. The van der Waals surface area contributed by atoms with Crippen molar-refractivity contribution in [2.45, 2.75) is 17.4 Å². The molecule has 18 heavy (non-hydrogen) atoms. The standard InChI is InChI=1S/C13H14N2O2S/c1-13(17)8-15(9-13)12(16)10-4-2-3-5-11(10)18-7-6-14/h2-5,17H,7-9H2,1H3. The van der Waals surface area contributed by atoms with Crippen LogP contribution in [0.15, 0.2) is 29.2 Å². The van der Waals surface area contributed by atoms with E-state index < -0.39 is 5.60 Å². The number of likely N-dealkylation sites (tertiary alicyclic amines) is 1. The molecular weight excluding hydrogens is 248 g/mol. The zero-order chi connectivity index (χ0) is 13.2. The average Bonchev–Trinajstić information content (AvgIpc) is 2.33. The minimum Gasteiger partial charge on any atom is -0.386 e. The first-order valence-corrected chi connectivity index (χ1v) is 6.62. The van der Waals surface area contributed by atoms with Gasteiger partial charge in [-0.1, -0.05) is 12.1 Å². The van der Waals surface area contributed by atoms with Gasteiger partial charge >= 0.3 is 0 Å². The third-order valence-electron chi connectivity index (χ3n) is 2.76. The van der Waals surface area contributed by atoms with Crippen LogP contribution in [0.3, 0.4) is 0 Å². The van der Waals surface area contributed by atoms with Gasteiger partial charge in [0, 0.05) is 4.90 Å². The van der Waals surface area contributed by atoms with Crippen LogP contribution in [0.1, 0.15) is 17.3 Å². The van der Waals surface area contributed by atoms with Crippen LogP contribution in [0.25, 0.3) is 0 Å². The van der Waals surface area contributed by atoms with Crippen molar-refractivity contribution in [3.05, 3.63) is 29.8 Å². The van der Waals surface area contributed by atoms with Crippen LogP contribution in [0, 0.1) is 11.3 Å². The molecule has 0 aliphatic carbocycles. The van der Waals surface area contributed by atoms with E-state index in [4.69, 9.17) is 5.26 Å². The fourth-order valence-electron chi connectivity index (χ4n) is 1.97. The molecule has 0 unspecified atom stereocenters. The van der Waals surface area contributed by atoms with Crippen molar-refractivity contribution in [1.82, 2.24) is 4.90 Å². The van der Waals surface area contributed by atoms with Crippen LogP contribution in [0.4, 0.5) is 0 Å². The molecule has 1 amide bonds. The fraction of sp³-hybridized carbons (Fsp3) is 0.385. The quantitative estimate of drug-likeness (QED) is 0.839. The van der Waals surface area contributed by atoms with Gasteiger partial charge in [0.2, 0.25) is 0 Å². The number of β-amino-alcohol motifs (C(OH)–C–C–N with tert-alkyl or cyclic N) is 1. The molecule has 1 fully saturated rings. The first-order chi connectivity index (χ1) is 8.53. The summed E-state index contributed by atoms with van der Waals surface area (Å²) in [5.74, 6) is 0.240. The maximum absolute atomic E-state index is 12.2. The first kappa shape index (κ1) is 12.9. The maximum Gasteiger partial charge on any atom is 0.255 e. The van der Waals surface area contributed by atoms with Crippen LogP contribution in [0.2, 0.25) is 0 Å². The van der Waals surface area contributed by atoms with E-state index in [-0.39, 0.29) is 5.91 Å². The van der Waals surface area contributed by atoms with Crippen LogP contribution in [-0.2, 0) is 0 Å². The van der Waals surface area contributed by atoms with E-state index in [0.717, 1.165) is 4.90 Å². The minimum absolute atomic E-state index is 0.0810. The van der Waals surface area contributed by atoms with Crippen molar-refractivity contribution < 1.29 is 9.90 Å². The summed E-state index contributed by atoms with van der Waals surface area (Å²) in [5, 5.41) is 18.2. The number of thioether (sulfide) groups is 1. The molecule has 4 nitrogen and oxygen atoms in total. The Morgan fingerprint density at radius 1 is 1.56 bits per heavy atom. The van der Waals surface area contributed by atoms with E-state index >= 15 is 0 Å². The number of carbonyl (C=O) groups is 1. The van der Waals surface area contributed by atoms with Gasteiger partial charge in [-0.25, -0.2) is 0 Å². The number of aliphatic hydroxyl groups is 1. The van der Waals surface area contributed by atoms with Crippen molar-refractivity contribution in [3.8, 4) is 6.07 Å². The van der Waals surface area contributed by atoms with E-state index in [1.807, 2.05) is 18.2 Å². The van der Waals surface area contributed by atoms with Gasteiger partial charge in [0.15, 0.2) is 0 Å². The topological polar surface area (TPSA) is 64.3 Å². The largest absolute Gasteiger partial charge is 0.386 e. The van der Waals surface area contributed by atoms with Crippen molar-refractivity contribution in [3.63, 3.8) is 0 Å². The molecule has 1 aliphatic heterocycles. The Balaban J connectivity index is 2.13. The highest BCUT2D eigenvalue weighted by molar-refractivity contribution is 7.99. The summed E-state index contributed by atoms with van der Waals surface area (Å²) in [6.07, 6.45) is 0. The van der Waals surface area contributed by atoms with E-state index in [9.17, 15) is 9.90 Å². The molecule has 5 heteroatoms. The highest BCUT2D eigenvalue weighted by atomic mass is 32.2. The van der Waals surface area contributed by atoms with Gasteiger partial charge in [-0.05, 0) is 19.1 Å². The third kappa shape index (κ3) is 2.66. The molecule has 1 saturated heterocycles. The minimum atomic E-state index is -0.760. The number of carbonyl (C=O) groups excluding carboxylic acids is 1. The van der Waals surface area contributed by atoms with Crippen LogP contribution in [0.5, 0.6) is 0 Å². The Labute approximate surface area is 110 Å². The van der Waals surface area contributed by atoms with Crippen molar-refractivity contribution in [2.75, 3.05) is 18.8 Å². The molecule has 0 atom stereocenters. The highest BCUT2D eigenvalue weighted by Crippen LogP contribution is 2.27. The molecule has 0 aromatic heterocycles. The Morgan fingerprint density at radius 3 is 2.83 bits per heavy atom. The monoisotopic (exact) mass is 262 g/mol. The number of amides is 1. The molecule has 0 spiro atoms. The molecular formula is C13H14N2O2S. The van der Waals surface area contributed by atoms with E-state index in [0.29, 0.717) is 24.4 Å². The summed E-state index contributed by atoms with van der Waals surface area (Å²) in [7, 11) is 0. The summed E-state index contributed by atoms with van der Waals surface area (Å²) >= 11 is 1.36. The smallest absolute Gasteiger partial charge is 0.255 e. The van der Waals surface area contributed by atoms with Gasteiger partial charge in [0.25, 0.3) is 5.91 Å². The van der Waals surface area contributed by atoms with Gasteiger partial charge in [-0.15, -0.1) is 11.8 Å². The number of nitrogens with zero attached hydrogens (tertiary/aromatic N) is 2. The molecule has 1 N–H and O–H groups in total. The van der Waals surface area contributed by atoms with Crippen molar-refractivity contribution in [2.24, 2.45) is 0 Å².